The second-order valence-corrected chi connectivity index (χ2v) is 3.66. The van der Waals surface area contributed by atoms with Gasteiger partial charge in [0, 0.05) is 11.8 Å². The third-order valence-corrected chi connectivity index (χ3v) is 2.88. The molecule has 0 saturated heterocycles. The normalized spacial score (nSPS) is 32.3. The highest BCUT2D eigenvalue weighted by atomic mass is 16.3. The quantitative estimate of drug-likeness (QED) is 0.480. The SMILES string of the molecule is CCC1(CC)C#CC(N)(O)CC1. The zero-order valence-corrected chi connectivity index (χ0v) is 7.85. The van der Waals surface area contributed by atoms with Crippen molar-refractivity contribution in [2.24, 2.45) is 11.1 Å². The molecular weight excluding hydrogens is 150 g/mol. The van der Waals surface area contributed by atoms with Crippen molar-refractivity contribution >= 4 is 0 Å². The molecule has 0 amide bonds. The summed E-state index contributed by atoms with van der Waals surface area (Å²) < 4.78 is 0. The molecule has 68 valence electrons. The van der Waals surface area contributed by atoms with Crippen LogP contribution in [-0.2, 0) is 0 Å². The highest BCUT2D eigenvalue weighted by Gasteiger charge is 2.32. The zero-order valence-electron chi connectivity index (χ0n) is 7.85. The smallest absolute Gasteiger partial charge is 0.176 e. The first kappa shape index (κ1) is 9.57. The predicted molar refractivity (Wildman–Crippen MR) is 49.2 cm³/mol. The topological polar surface area (TPSA) is 46.2 Å². The zero-order chi connectivity index (χ0) is 9.24. The van der Waals surface area contributed by atoms with Crippen molar-refractivity contribution in [2.45, 2.75) is 45.3 Å². The van der Waals surface area contributed by atoms with Crippen molar-refractivity contribution in [3.63, 3.8) is 0 Å². The van der Waals surface area contributed by atoms with Crippen LogP contribution in [-0.4, -0.2) is 10.8 Å². The fourth-order valence-electron chi connectivity index (χ4n) is 1.58. The molecule has 1 unspecified atom stereocenters. The van der Waals surface area contributed by atoms with E-state index >= 15 is 0 Å². The standard InChI is InChI=1S/C10H17NO/c1-3-9(4-2)5-7-10(11,12)8-6-9/h12H,3-5,7,11H2,1-2H3. The fraction of sp³-hybridized carbons (Fsp3) is 0.800. The van der Waals surface area contributed by atoms with Gasteiger partial charge >= 0.3 is 0 Å². The lowest BCUT2D eigenvalue weighted by molar-refractivity contribution is 0.0759. The molecule has 0 bridgehead atoms. The van der Waals surface area contributed by atoms with Crippen LogP contribution in [0, 0.1) is 17.3 Å². The summed E-state index contributed by atoms with van der Waals surface area (Å²) >= 11 is 0. The van der Waals surface area contributed by atoms with Gasteiger partial charge in [-0.25, -0.2) is 0 Å². The Balaban J connectivity index is 2.82. The third-order valence-electron chi connectivity index (χ3n) is 2.88. The molecule has 0 radical (unpaired) electrons. The molecule has 0 spiro atoms. The van der Waals surface area contributed by atoms with Crippen molar-refractivity contribution in [3.8, 4) is 11.8 Å². The molecule has 0 aromatic carbocycles. The monoisotopic (exact) mass is 167 g/mol. The van der Waals surface area contributed by atoms with Crippen LogP contribution in [0.2, 0.25) is 0 Å². The highest BCUT2D eigenvalue weighted by Crippen LogP contribution is 2.35. The van der Waals surface area contributed by atoms with Gasteiger partial charge in [-0.15, -0.1) is 0 Å². The Kier molecular flexibility index (Phi) is 2.46. The van der Waals surface area contributed by atoms with E-state index in [0.29, 0.717) is 6.42 Å². The Morgan fingerprint density at radius 2 is 1.83 bits per heavy atom. The van der Waals surface area contributed by atoms with Crippen molar-refractivity contribution in [2.75, 3.05) is 0 Å². The molecule has 0 saturated carbocycles. The molecule has 1 aliphatic carbocycles. The molecule has 12 heavy (non-hydrogen) atoms. The summed E-state index contributed by atoms with van der Waals surface area (Å²) in [7, 11) is 0. The molecule has 1 atom stereocenters. The maximum absolute atomic E-state index is 9.40. The molecule has 2 nitrogen and oxygen atoms in total. The first-order valence-corrected chi connectivity index (χ1v) is 4.59. The Bertz CT molecular complexity index is 218. The molecule has 2 heteroatoms. The van der Waals surface area contributed by atoms with Gasteiger partial charge in [-0.3, -0.25) is 5.73 Å². The van der Waals surface area contributed by atoms with Gasteiger partial charge in [0.2, 0.25) is 0 Å². The van der Waals surface area contributed by atoms with E-state index < -0.39 is 5.72 Å². The summed E-state index contributed by atoms with van der Waals surface area (Å²) in [5, 5.41) is 9.40. The minimum absolute atomic E-state index is 0.117. The van der Waals surface area contributed by atoms with Crippen molar-refractivity contribution < 1.29 is 5.11 Å². The molecule has 0 aromatic heterocycles. The van der Waals surface area contributed by atoms with E-state index in [-0.39, 0.29) is 5.41 Å². The van der Waals surface area contributed by atoms with E-state index in [1.807, 2.05) is 0 Å². The largest absolute Gasteiger partial charge is 0.365 e. The van der Waals surface area contributed by atoms with Gasteiger partial charge in [0.05, 0.1) is 0 Å². The van der Waals surface area contributed by atoms with Gasteiger partial charge in [0.15, 0.2) is 5.72 Å². The summed E-state index contributed by atoms with van der Waals surface area (Å²) in [5.41, 5.74) is 4.38. The van der Waals surface area contributed by atoms with Crippen molar-refractivity contribution in [3.05, 3.63) is 0 Å². The maximum atomic E-state index is 9.40. The fourth-order valence-corrected chi connectivity index (χ4v) is 1.58. The van der Waals surface area contributed by atoms with Gasteiger partial charge in [-0.05, 0) is 19.3 Å². The maximum Gasteiger partial charge on any atom is 0.176 e. The Labute approximate surface area is 74.2 Å². The lowest BCUT2D eigenvalue weighted by atomic mass is 9.74. The van der Waals surface area contributed by atoms with Crippen LogP contribution < -0.4 is 5.73 Å². The summed E-state index contributed by atoms with van der Waals surface area (Å²) in [4.78, 5) is 0. The van der Waals surface area contributed by atoms with Gasteiger partial charge in [-0.2, -0.15) is 0 Å². The molecule has 0 aromatic rings. The number of nitrogens with two attached hydrogens (primary N) is 1. The number of hydrogen-bond donors (Lipinski definition) is 2. The lowest BCUT2D eigenvalue weighted by Crippen LogP contribution is -2.42. The second kappa shape index (κ2) is 3.08. The first-order chi connectivity index (χ1) is 5.54. The summed E-state index contributed by atoms with van der Waals surface area (Å²) in [6.07, 6.45) is 3.61. The number of hydrogen-bond acceptors (Lipinski definition) is 2. The van der Waals surface area contributed by atoms with E-state index in [9.17, 15) is 5.11 Å². The van der Waals surface area contributed by atoms with Crippen LogP contribution >= 0.6 is 0 Å². The van der Waals surface area contributed by atoms with Gasteiger partial charge in [0.25, 0.3) is 0 Å². The molecule has 1 rings (SSSR count). The highest BCUT2D eigenvalue weighted by molar-refractivity contribution is 5.22. The Morgan fingerprint density at radius 3 is 2.17 bits per heavy atom. The molecule has 0 heterocycles. The van der Waals surface area contributed by atoms with E-state index in [2.05, 4.69) is 25.7 Å². The van der Waals surface area contributed by atoms with Gasteiger partial charge in [-0.1, -0.05) is 25.7 Å². The minimum Gasteiger partial charge on any atom is -0.365 e. The number of aliphatic hydroxyl groups is 1. The average Bonchev–Trinajstić information content (AvgIpc) is 2.06. The Morgan fingerprint density at radius 1 is 1.25 bits per heavy atom. The van der Waals surface area contributed by atoms with E-state index in [4.69, 9.17) is 5.73 Å². The van der Waals surface area contributed by atoms with Crippen LogP contribution in [0.5, 0.6) is 0 Å². The molecule has 3 N–H and O–H groups in total. The second-order valence-electron chi connectivity index (χ2n) is 3.66. The third kappa shape index (κ3) is 1.80. The van der Waals surface area contributed by atoms with Crippen LogP contribution in [0.1, 0.15) is 39.5 Å². The van der Waals surface area contributed by atoms with Crippen LogP contribution in [0.25, 0.3) is 0 Å². The average molecular weight is 167 g/mol. The van der Waals surface area contributed by atoms with Crippen LogP contribution in [0.3, 0.4) is 0 Å². The van der Waals surface area contributed by atoms with E-state index in [1.54, 1.807) is 0 Å². The van der Waals surface area contributed by atoms with Gasteiger partial charge < -0.3 is 5.11 Å². The van der Waals surface area contributed by atoms with Crippen LogP contribution in [0.15, 0.2) is 0 Å². The van der Waals surface area contributed by atoms with Gasteiger partial charge in [0.1, 0.15) is 0 Å². The summed E-state index contributed by atoms with van der Waals surface area (Å²) in [6, 6.07) is 0. The predicted octanol–water partition coefficient (Wildman–Crippen LogP) is 1.24. The number of rotatable bonds is 2. The molecule has 0 fully saturated rings. The summed E-state index contributed by atoms with van der Waals surface area (Å²) in [6.45, 7) is 4.28. The Hall–Kier alpha value is -0.520. The van der Waals surface area contributed by atoms with E-state index in [0.717, 1.165) is 19.3 Å². The van der Waals surface area contributed by atoms with Crippen molar-refractivity contribution in [1.82, 2.24) is 0 Å². The molecule has 0 aliphatic heterocycles. The minimum atomic E-state index is -1.23. The lowest BCUT2D eigenvalue weighted by Gasteiger charge is -2.32. The first-order valence-electron chi connectivity index (χ1n) is 4.59. The molecule has 1 aliphatic rings. The summed E-state index contributed by atoms with van der Waals surface area (Å²) in [5.74, 6) is 5.83. The van der Waals surface area contributed by atoms with Crippen molar-refractivity contribution in [1.29, 1.82) is 0 Å². The van der Waals surface area contributed by atoms with Crippen LogP contribution in [0.4, 0.5) is 0 Å². The molecular formula is C10H17NO. The van der Waals surface area contributed by atoms with E-state index in [1.165, 1.54) is 0 Å².